The van der Waals surface area contributed by atoms with Gasteiger partial charge in [0.05, 0.1) is 13.1 Å². The van der Waals surface area contributed by atoms with Crippen LogP contribution in [0.25, 0.3) is 0 Å². The van der Waals surface area contributed by atoms with E-state index in [4.69, 9.17) is 4.42 Å². The number of carbonyl (C=O) groups excluding carboxylic acids is 2. The Kier molecular flexibility index (Phi) is 5.47. The van der Waals surface area contributed by atoms with Gasteiger partial charge in [0.2, 0.25) is 11.8 Å². The highest BCUT2D eigenvalue weighted by Crippen LogP contribution is 2.30. The van der Waals surface area contributed by atoms with Crippen molar-refractivity contribution in [2.75, 3.05) is 26.7 Å². The van der Waals surface area contributed by atoms with Crippen LogP contribution in [0, 0.1) is 6.92 Å². The lowest BCUT2D eigenvalue weighted by molar-refractivity contribution is -0.133. The number of nitrogens with zero attached hydrogens (tertiary/aromatic N) is 3. The minimum atomic E-state index is 0.105. The van der Waals surface area contributed by atoms with Crippen molar-refractivity contribution >= 4 is 11.8 Å². The Balaban J connectivity index is 1.59. The molecular formula is C19H29N3O3. The van der Waals surface area contributed by atoms with E-state index in [2.05, 4.69) is 4.90 Å². The minimum absolute atomic E-state index is 0.105. The summed E-state index contributed by atoms with van der Waals surface area (Å²) in [6.07, 6.45) is 4.29. The molecule has 138 valence electrons. The minimum Gasteiger partial charge on any atom is -0.464 e. The van der Waals surface area contributed by atoms with Crippen molar-refractivity contribution in [3.63, 3.8) is 0 Å². The van der Waals surface area contributed by atoms with Gasteiger partial charge in [0.15, 0.2) is 0 Å². The van der Waals surface area contributed by atoms with Crippen LogP contribution in [0.2, 0.25) is 0 Å². The number of furan rings is 1. The number of aryl methyl sites for hydroxylation is 1. The molecule has 0 radical (unpaired) electrons. The Morgan fingerprint density at radius 2 is 1.92 bits per heavy atom. The van der Waals surface area contributed by atoms with E-state index in [1.54, 1.807) is 11.8 Å². The van der Waals surface area contributed by atoms with E-state index in [9.17, 15) is 9.59 Å². The molecule has 3 rings (SSSR count). The highest BCUT2D eigenvalue weighted by molar-refractivity contribution is 5.78. The summed E-state index contributed by atoms with van der Waals surface area (Å²) >= 11 is 0. The summed E-state index contributed by atoms with van der Waals surface area (Å²) in [6, 6.07) is 4.42. The van der Waals surface area contributed by atoms with Crippen LogP contribution in [0.3, 0.4) is 0 Å². The first-order valence-corrected chi connectivity index (χ1v) is 9.26. The van der Waals surface area contributed by atoms with Gasteiger partial charge in [-0.25, -0.2) is 0 Å². The molecule has 2 atom stereocenters. The number of rotatable bonds is 5. The molecule has 2 fully saturated rings. The highest BCUT2D eigenvalue weighted by atomic mass is 16.3. The summed E-state index contributed by atoms with van der Waals surface area (Å²) in [4.78, 5) is 30.5. The molecule has 3 heterocycles. The van der Waals surface area contributed by atoms with Crippen LogP contribution >= 0.6 is 0 Å². The van der Waals surface area contributed by atoms with E-state index in [-0.39, 0.29) is 17.9 Å². The van der Waals surface area contributed by atoms with Gasteiger partial charge in [0, 0.05) is 32.6 Å². The quantitative estimate of drug-likeness (QED) is 0.818. The summed E-state index contributed by atoms with van der Waals surface area (Å²) in [6.45, 7) is 6.27. The summed E-state index contributed by atoms with van der Waals surface area (Å²) in [5.41, 5.74) is 0. The molecule has 2 aliphatic heterocycles. The molecule has 6 heteroatoms. The maximum Gasteiger partial charge on any atom is 0.236 e. The number of hydrogen-bond donors (Lipinski definition) is 0. The van der Waals surface area contributed by atoms with Crippen LogP contribution in [0.5, 0.6) is 0 Å². The Bertz CT molecular complexity index is 627. The third kappa shape index (κ3) is 4.06. The fraction of sp³-hybridized carbons (Fsp3) is 0.684. The van der Waals surface area contributed by atoms with Gasteiger partial charge in [-0.2, -0.15) is 0 Å². The Hall–Kier alpha value is -1.82. The van der Waals surface area contributed by atoms with Crippen molar-refractivity contribution in [1.82, 2.24) is 14.7 Å². The normalized spacial score (nSPS) is 24.0. The summed E-state index contributed by atoms with van der Waals surface area (Å²) < 4.78 is 5.57. The molecule has 0 aromatic carbocycles. The second-order valence-corrected chi connectivity index (χ2v) is 7.36. The fourth-order valence-corrected chi connectivity index (χ4v) is 4.25. The maximum absolute atomic E-state index is 12.6. The van der Waals surface area contributed by atoms with Crippen molar-refractivity contribution in [1.29, 1.82) is 0 Å². The van der Waals surface area contributed by atoms with Crippen LogP contribution in [0.4, 0.5) is 0 Å². The zero-order chi connectivity index (χ0) is 18.0. The molecule has 0 bridgehead atoms. The zero-order valence-electron chi connectivity index (χ0n) is 15.5. The predicted octanol–water partition coefficient (Wildman–Crippen LogP) is 2.02. The highest BCUT2D eigenvalue weighted by Gasteiger charge is 2.39. The summed E-state index contributed by atoms with van der Waals surface area (Å²) in [7, 11) is 1.82. The molecule has 2 unspecified atom stereocenters. The smallest absolute Gasteiger partial charge is 0.236 e. The van der Waals surface area contributed by atoms with E-state index in [1.807, 2.05) is 31.0 Å². The van der Waals surface area contributed by atoms with E-state index in [0.717, 1.165) is 50.3 Å². The van der Waals surface area contributed by atoms with Gasteiger partial charge in [-0.1, -0.05) is 0 Å². The van der Waals surface area contributed by atoms with Crippen LogP contribution in [0.15, 0.2) is 16.5 Å². The molecule has 2 saturated heterocycles. The number of amides is 2. The average molecular weight is 347 g/mol. The average Bonchev–Trinajstić information content (AvgIpc) is 3.27. The fourth-order valence-electron chi connectivity index (χ4n) is 4.25. The molecule has 2 aliphatic rings. The molecule has 1 aromatic heterocycles. The lowest BCUT2D eigenvalue weighted by atomic mass is 10.0. The Morgan fingerprint density at radius 3 is 2.60 bits per heavy atom. The number of likely N-dealkylation sites (tertiary alicyclic amines) is 2. The van der Waals surface area contributed by atoms with Gasteiger partial charge >= 0.3 is 0 Å². The van der Waals surface area contributed by atoms with E-state index in [1.165, 1.54) is 0 Å². The third-order valence-electron chi connectivity index (χ3n) is 5.52. The Labute approximate surface area is 149 Å². The number of likely N-dealkylation sites (N-methyl/N-ethyl adjacent to an activating group) is 1. The van der Waals surface area contributed by atoms with Gasteiger partial charge < -0.3 is 14.2 Å². The van der Waals surface area contributed by atoms with Gasteiger partial charge in [0.25, 0.3) is 0 Å². The lowest BCUT2D eigenvalue weighted by Gasteiger charge is -2.34. The van der Waals surface area contributed by atoms with E-state index < -0.39 is 0 Å². The second-order valence-electron chi connectivity index (χ2n) is 7.36. The SMILES string of the molecule is CC(=O)N1CCCC1C1CCCN1CC(=O)N(C)Cc1ccc(C)o1. The van der Waals surface area contributed by atoms with Crippen molar-refractivity contribution in [2.24, 2.45) is 0 Å². The molecular weight excluding hydrogens is 318 g/mol. The zero-order valence-corrected chi connectivity index (χ0v) is 15.5. The Morgan fingerprint density at radius 1 is 1.20 bits per heavy atom. The molecule has 6 nitrogen and oxygen atoms in total. The summed E-state index contributed by atoms with van der Waals surface area (Å²) in [5.74, 6) is 1.94. The first-order chi connectivity index (χ1) is 12.0. The van der Waals surface area contributed by atoms with Crippen LogP contribution in [-0.2, 0) is 16.1 Å². The topological polar surface area (TPSA) is 57.0 Å². The second kappa shape index (κ2) is 7.60. The third-order valence-corrected chi connectivity index (χ3v) is 5.52. The standard InChI is InChI=1S/C19H29N3O3/c1-14-8-9-16(25-14)12-20(3)19(24)13-21-10-4-6-17(21)18-7-5-11-22(18)15(2)23/h8-9,17-18H,4-7,10-13H2,1-3H3. The lowest BCUT2D eigenvalue weighted by Crippen LogP contribution is -2.50. The van der Waals surface area contributed by atoms with Gasteiger partial charge in [-0.3, -0.25) is 14.5 Å². The first-order valence-electron chi connectivity index (χ1n) is 9.26. The van der Waals surface area contributed by atoms with Crippen molar-refractivity contribution in [2.45, 2.75) is 58.2 Å². The van der Waals surface area contributed by atoms with E-state index >= 15 is 0 Å². The monoisotopic (exact) mass is 347 g/mol. The van der Waals surface area contributed by atoms with E-state index in [0.29, 0.717) is 19.1 Å². The molecule has 0 aliphatic carbocycles. The molecule has 0 saturated carbocycles. The van der Waals surface area contributed by atoms with Crippen molar-refractivity contribution < 1.29 is 14.0 Å². The number of hydrogen-bond acceptors (Lipinski definition) is 4. The maximum atomic E-state index is 12.6. The van der Waals surface area contributed by atoms with Crippen LogP contribution in [0.1, 0.15) is 44.1 Å². The largest absolute Gasteiger partial charge is 0.464 e. The molecule has 25 heavy (non-hydrogen) atoms. The number of carbonyl (C=O) groups is 2. The molecule has 2 amide bonds. The van der Waals surface area contributed by atoms with Crippen molar-refractivity contribution in [3.05, 3.63) is 23.7 Å². The van der Waals surface area contributed by atoms with Gasteiger partial charge in [0.1, 0.15) is 11.5 Å². The van der Waals surface area contributed by atoms with Gasteiger partial charge in [-0.15, -0.1) is 0 Å². The predicted molar refractivity (Wildman–Crippen MR) is 94.9 cm³/mol. The van der Waals surface area contributed by atoms with Crippen LogP contribution in [-0.4, -0.2) is 65.3 Å². The molecule has 0 N–H and O–H groups in total. The van der Waals surface area contributed by atoms with Crippen LogP contribution < -0.4 is 0 Å². The summed E-state index contributed by atoms with van der Waals surface area (Å²) in [5, 5.41) is 0. The van der Waals surface area contributed by atoms with Gasteiger partial charge in [-0.05, 0) is 51.3 Å². The molecule has 0 spiro atoms. The molecule has 1 aromatic rings. The first kappa shape index (κ1) is 18.0. The van der Waals surface area contributed by atoms with Crippen molar-refractivity contribution in [3.8, 4) is 0 Å².